The predicted octanol–water partition coefficient (Wildman–Crippen LogP) is 4.11. The molecule has 156 valence electrons. The first kappa shape index (κ1) is 18.4. The van der Waals surface area contributed by atoms with Gasteiger partial charge in [0.05, 0.1) is 34.4 Å². The third-order valence-electron chi connectivity index (χ3n) is 6.89. The SMILES string of the molecule is OC1CCCCC1Nc1nc2ccc(CC3=CNC45CCCC=C4N=CN35)cc2s1. The molecule has 0 radical (unpaired) electrons. The number of hydrogen-bond donors (Lipinski definition) is 3. The molecule has 1 saturated carbocycles. The Morgan fingerprint density at radius 2 is 2.20 bits per heavy atom. The van der Waals surface area contributed by atoms with Gasteiger partial charge in [-0.15, -0.1) is 0 Å². The predicted molar refractivity (Wildman–Crippen MR) is 121 cm³/mol. The van der Waals surface area contributed by atoms with Crippen LogP contribution in [0.15, 0.2) is 46.9 Å². The molecule has 3 unspecified atom stereocenters. The van der Waals surface area contributed by atoms with Gasteiger partial charge in [0.15, 0.2) is 10.8 Å². The van der Waals surface area contributed by atoms with E-state index < -0.39 is 0 Å². The molecule has 3 heterocycles. The summed E-state index contributed by atoms with van der Waals surface area (Å²) in [5, 5.41) is 18.3. The van der Waals surface area contributed by atoms with Crippen LogP contribution in [-0.2, 0) is 6.42 Å². The van der Waals surface area contributed by atoms with E-state index in [1.54, 1.807) is 11.3 Å². The van der Waals surface area contributed by atoms with Crippen molar-refractivity contribution in [2.75, 3.05) is 5.32 Å². The highest BCUT2D eigenvalue weighted by atomic mass is 32.1. The number of aliphatic hydroxyl groups is 1. The Balaban J connectivity index is 1.20. The minimum absolute atomic E-state index is 0.122. The number of hydrogen-bond acceptors (Lipinski definition) is 7. The zero-order valence-corrected chi connectivity index (χ0v) is 17.8. The number of thiazole rings is 1. The lowest BCUT2D eigenvalue weighted by atomic mass is 9.92. The number of aliphatic hydroxyl groups excluding tert-OH is 1. The number of aromatic nitrogens is 1. The second-order valence-electron chi connectivity index (χ2n) is 8.84. The van der Waals surface area contributed by atoms with E-state index in [0.29, 0.717) is 0 Å². The van der Waals surface area contributed by atoms with E-state index in [1.807, 2.05) is 6.34 Å². The molecule has 1 aromatic heterocycles. The summed E-state index contributed by atoms with van der Waals surface area (Å²) in [6.07, 6.45) is 14.6. The van der Waals surface area contributed by atoms with Crippen LogP contribution < -0.4 is 10.6 Å². The molecular weight excluding hydrogens is 394 g/mol. The average Bonchev–Trinajstić information content (AvgIpc) is 3.42. The van der Waals surface area contributed by atoms with Gasteiger partial charge in [0.2, 0.25) is 0 Å². The fraction of sp³-hybridized carbons (Fsp3) is 0.478. The van der Waals surface area contributed by atoms with Crippen LogP contribution in [0.1, 0.15) is 50.5 Å². The van der Waals surface area contributed by atoms with E-state index in [9.17, 15) is 5.11 Å². The van der Waals surface area contributed by atoms with Gasteiger partial charge in [-0.1, -0.05) is 36.3 Å². The molecule has 1 aromatic carbocycles. The van der Waals surface area contributed by atoms with Crippen molar-refractivity contribution in [3.05, 3.63) is 47.4 Å². The molecule has 4 aliphatic rings. The third kappa shape index (κ3) is 2.94. The number of nitrogens with zero attached hydrogens (tertiary/aromatic N) is 3. The lowest BCUT2D eigenvalue weighted by molar-refractivity contribution is 0.116. The number of fused-ring (bicyclic) bond motifs is 1. The molecule has 1 spiro atoms. The van der Waals surface area contributed by atoms with Gasteiger partial charge in [0.1, 0.15) is 0 Å². The fourth-order valence-corrected chi connectivity index (χ4v) is 6.24. The largest absolute Gasteiger partial charge is 0.391 e. The summed E-state index contributed by atoms with van der Waals surface area (Å²) in [4.78, 5) is 11.7. The molecule has 30 heavy (non-hydrogen) atoms. The molecule has 7 heteroatoms. The Labute approximate surface area is 180 Å². The summed E-state index contributed by atoms with van der Waals surface area (Å²) in [6.45, 7) is 0. The zero-order chi connectivity index (χ0) is 20.1. The normalized spacial score (nSPS) is 30.0. The summed E-state index contributed by atoms with van der Waals surface area (Å²) in [5.74, 6) is 0. The average molecular weight is 422 g/mol. The number of rotatable bonds is 4. The molecule has 2 aromatic rings. The first-order valence-electron chi connectivity index (χ1n) is 11.1. The van der Waals surface area contributed by atoms with Crippen molar-refractivity contribution in [1.29, 1.82) is 0 Å². The summed E-state index contributed by atoms with van der Waals surface area (Å²) in [7, 11) is 0. The molecule has 0 bridgehead atoms. The van der Waals surface area contributed by atoms with Gasteiger partial charge in [-0.05, 0) is 49.8 Å². The first-order chi connectivity index (χ1) is 14.7. The van der Waals surface area contributed by atoms with Gasteiger partial charge in [-0.25, -0.2) is 9.98 Å². The second kappa shape index (κ2) is 7.10. The highest BCUT2D eigenvalue weighted by Gasteiger charge is 2.48. The summed E-state index contributed by atoms with van der Waals surface area (Å²) < 4.78 is 1.19. The highest BCUT2D eigenvalue weighted by Crippen LogP contribution is 2.42. The molecule has 1 fully saturated rings. The van der Waals surface area contributed by atoms with Gasteiger partial charge < -0.3 is 20.6 Å². The van der Waals surface area contributed by atoms with Gasteiger partial charge in [0.25, 0.3) is 0 Å². The number of benzene rings is 1. The fourth-order valence-electron chi connectivity index (χ4n) is 5.25. The summed E-state index contributed by atoms with van der Waals surface area (Å²) >= 11 is 1.68. The second-order valence-corrected chi connectivity index (χ2v) is 9.87. The maximum absolute atomic E-state index is 10.2. The zero-order valence-electron chi connectivity index (χ0n) is 17.0. The highest BCUT2D eigenvalue weighted by molar-refractivity contribution is 7.22. The molecular formula is C23H27N5OS. The van der Waals surface area contributed by atoms with Crippen molar-refractivity contribution < 1.29 is 5.11 Å². The minimum Gasteiger partial charge on any atom is -0.391 e. The Morgan fingerprint density at radius 3 is 3.13 bits per heavy atom. The molecule has 2 aliphatic heterocycles. The molecule has 0 amide bonds. The van der Waals surface area contributed by atoms with Crippen molar-refractivity contribution in [3.63, 3.8) is 0 Å². The quantitative estimate of drug-likeness (QED) is 0.693. The Bertz CT molecular complexity index is 1070. The number of anilines is 1. The monoisotopic (exact) mass is 421 g/mol. The Kier molecular flexibility index (Phi) is 4.35. The van der Waals surface area contributed by atoms with Crippen LogP contribution in [0.2, 0.25) is 0 Å². The number of aliphatic imine (C=N–C) groups is 1. The molecule has 3 N–H and O–H groups in total. The minimum atomic E-state index is -0.267. The first-order valence-corrected chi connectivity index (χ1v) is 11.9. The van der Waals surface area contributed by atoms with Gasteiger partial charge in [0, 0.05) is 18.3 Å². The van der Waals surface area contributed by atoms with Gasteiger partial charge in [-0.2, -0.15) is 0 Å². The lowest BCUT2D eigenvalue weighted by Gasteiger charge is -2.36. The van der Waals surface area contributed by atoms with E-state index in [4.69, 9.17) is 4.98 Å². The van der Waals surface area contributed by atoms with Crippen LogP contribution in [0.5, 0.6) is 0 Å². The van der Waals surface area contributed by atoms with Crippen molar-refractivity contribution in [1.82, 2.24) is 15.2 Å². The maximum atomic E-state index is 10.2. The molecule has 2 aliphatic carbocycles. The molecule has 6 rings (SSSR count). The van der Waals surface area contributed by atoms with E-state index in [2.05, 4.69) is 51.0 Å². The topological polar surface area (TPSA) is 72.8 Å². The standard InChI is InChI=1S/C23H27N5OS/c29-19-6-2-1-5-17(19)26-22-27-18-9-8-15(12-20(18)30-22)11-16-13-25-23-10-4-3-7-21(23)24-14-28(16)23/h7-9,12-14,17,19,25,29H,1-6,10-11H2,(H,26,27). The van der Waals surface area contributed by atoms with Gasteiger partial charge >= 0.3 is 0 Å². The van der Waals surface area contributed by atoms with Crippen LogP contribution in [0.4, 0.5) is 5.13 Å². The smallest absolute Gasteiger partial charge is 0.184 e. The van der Waals surface area contributed by atoms with Crippen molar-refractivity contribution in [2.24, 2.45) is 4.99 Å². The molecule has 6 nitrogen and oxygen atoms in total. The molecule has 3 atom stereocenters. The van der Waals surface area contributed by atoms with E-state index in [0.717, 1.165) is 49.2 Å². The van der Waals surface area contributed by atoms with Crippen molar-refractivity contribution in [2.45, 2.75) is 69.2 Å². The molecule has 0 saturated heterocycles. The summed E-state index contributed by atoms with van der Waals surface area (Å²) in [5.41, 5.74) is 4.59. The Hall–Kier alpha value is -2.38. The van der Waals surface area contributed by atoms with E-state index in [-0.39, 0.29) is 17.8 Å². The number of nitrogens with one attached hydrogen (secondary N) is 2. The van der Waals surface area contributed by atoms with Crippen molar-refractivity contribution in [3.8, 4) is 0 Å². The van der Waals surface area contributed by atoms with Crippen LogP contribution in [0, 0.1) is 0 Å². The van der Waals surface area contributed by atoms with Crippen LogP contribution >= 0.6 is 11.3 Å². The van der Waals surface area contributed by atoms with Crippen LogP contribution in [0.3, 0.4) is 0 Å². The van der Waals surface area contributed by atoms with Gasteiger partial charge in [-0.3, -0.25) is 0 Å². The van der Waals surface area contributed by atoms with Crippen LogP contribution in [-0.4, -0.2) is 39.1 Å². The van der Waals surface area contributed by atoms with E-state index in [1.165, 1.54) is 34.5 Å². The third-order valence-corrected chi connectivity index (χ3v) is 7.84. The van der Waals surface area contributed by atoms with Crippen molar-refractivity contribution >= 4 is 33.0 Å². The Morgan fingerprint density at radius 1 is 1.27 bits per heavy atom. The maximum Gasteiger partial charge on any atom is 0.184 e. The number of allylic oxidation sites excluding steroid dienone is 2. The lowest BCUT2D eigenvalue weighted by Crippen LogP contribution is -2.50. The summed E-state index contributed by atoms with van der Waals surface area (Å²) in [6, 6.07) is 6.67. The van der Waals surface area contributed by atoms with Crippen LogP contribution in [0.25, 0.3) is 10.2 Å². The van der Waals surface area contributed by atoms with E-state index >= 15 is 0 Å².